The first-order chi connectivity index (χ1) is 9.85. The molecule has 1 aromatic heterocycles. The molecule has 0 saturated heterocycles. The normalized spacial score (nSPS) is 11.3. The number of halogens is 1. The van der Waals surface area contributed by atoms with Gasteiger partial charge < -0.3 is 10.2 Å². The van der Waals surface area contributed by atoms with E-state index in [9.17, 15) is 4.39 Å². The van der Waals surface area contributed by atoms with Gasteiger partial charge in [-0.2, -0.15) is 0 Å². The van der Waals surface area contributed by atoms with E-state index in [4.69, 9.17) is 0 Å². The number of rotatable bonds is 4. The number of pyridine rings is 1. The predicted octanol–water partition coefficient (Wildman–Crippen LogP) is 4.07. The molecule has 4 heteroatoms. The maximum atomic E-state index is 13.7. The first-order valence-electron chi connectivity index (χ1n) is 7.05. The molecule has 112 valence electrons. The maximum Gasteiger partial charge on any atom is 0.130 e. The molecule has 0 atom stereocenters. The number of nitrogens with one attached hydrogen (secondary N) is 1. The van der Waals surface area contributed by atoms with Gasteiger partial charge in [-0.15, -0.1) is 0 Å². The second kappa shape index (κ2) is 6.12. The molecule has 0 amide bonds. The summed E-state index contributed by atoms with van der Waals surface area (Å²) < 4.78 is 13.7. The van der Waals surface area contributed by atoms with Crippen LogP contribution in [0.5, 0.6) is 0 Å². The van der Waals surface area contributed by atoms with Crippen LogP contribution < -0.4 is 10.2 Å². The van der Waals surface area contributed by atoms with Crippen LogP contribution in [0.2, 0.25) is 0 Å². The predicted molar refractivity (Wildman–Crippen MR) is 86.1 cm³/mol. The number of nitrogens with zero attached hydrogens (tertiary/aromatic N) is 2. The molecule has 0 aliphatic heterocycles. The van der Waals surface area contributed by atoms with Gasteiger partial charge in [0.25, 0.3) is 0 Å². The SMILES string of the molecule is CN(Cc1ccccc1F)c1cccc(NC(C)(C)C)n1. The lowest BCUT2D eigenvalue weighted by atomic mass is 10.1. The molecule has 0 aliphatic rings. The van der Waals surface area contributed by atoms with Crippen molar-refractivity contribution >= 4 is 11.6 Å². The van der Waals surface area contributed by atoms with Crippen LogP contribution in [0, 0.1) is 5.82 Å². The third-order valence-corrected chi connectivity index (χ3v) is 2.99. The topological polar surface area (TPSA) is 28.2 Å². The second-order valence-corrected chi connectivity index (χ2v) is 6.20. The summed E-state index contributed by atoms with van der Waals surface area (Å²) in [6.07, 6.45) is 0. The van der Waals surface area contributed by atoms with Crippen molar-refractivity contribution in [3.8, 4) is 0 Å². The zero-order valence-corrected chi connectivity index (χ0v) is 13.0. The van der Waals surface area contributed by atoms with Crippen molar-refractivity contribution in [3.63, 3.8) is 0 Å². The summed E-state index contributed by atoms with van der Waals surface area (Å²) in [6.45, 7) is 6.75. The van der Waals surface area contributed by atoms with Crippen molar-refractivity contribution in [2.75, 3.05) is 17.3 Å². The fraction of sp³-hybridized carbons (Fsp3) is 0.353. The third kappa shape index (κ3) is 4.45. The van der Waals surface area contributed by atoms with Crippen molar-refractivity contribution in [2.24, 2.45) is 0 Å². The highest BCUT2D eigenvalue weighted by Crippen LogP contribution is 2.19. The van der Waals surface area contributed by atoms with Crippen LogP contribution in [-0.4, -0.2) is 17.6 Å². The Morgan fingerprint density at radius 3 is 2.48 bits per heavy atom. The van der Waals surface area contributed by atoms with E-state index in [-0.39, 0.29) is 11.4 Å². The molecular formula is C17H22FN3. The van der Waals surface area contributed by atoms with Gasteiger partial charge in [0, 0.05) is 24.7 Å². The molecule has 0 saturated carbocycles. The fourth-order valence-corrected chi connectivity index (χ4v) is 2.05. The van der Waals surface area contributed by atoms with Gasteiger partial charge >= 0.3 is 0 Å². The Kier molecular flexibility index (Phi) is 4.46. The standard InChI is InChI=1S/C17H22FN3/c1-17(2,3)20-15-10-7-11-16(19-15)21(4)12-13-8-5-6-9-14(13)18/h5-11H,12H2,1-4H3,(H,19,20). The van der Waals surface area contributed by atoms with Gasteiger partial charge in [0.1, 0.15) is 17.5 Å². The largest absolute Gasteiger partial charge is 0.365 e. The molecule has 0 spiro atoms. The molecule has 3 nitrogen and oxygen atoms in total. The molecule has 21 heavy (non-hydrogen) atoms. The molecule has 1 heterocycles. The molecule has 2 rings (SSSR count). The number of aromatic nitrogens is 1. The summed E-state index contributed by atoms with van der Waals surface area (Å²) in [6, 6.07) is 12.6. The monoisotopic (exact) mass is 287 g/mol. The van der Waals surface area contributed by atoms with Crippen molar-refractivity contribution < 1.29 is 4.39 Å². The molecule has 0 unspecified atom stereocenters. The van der Waals surface area contributed by atoms with Crippen LogP contribution in [0.15, 0.2) is 42.5 Å². The molecular weight excluding hydrogens is 265 g/mol. The summed E-state index contributed by atoms with van der Waals surface area (Å²) in [5.74, 6) is 1.45. The molecule has 2 aromatic rings. The highest BCUT2D eigenvalue weighted by molar-refractivity contribution is 5.48. The van der Waals surface area contributed by atoms with Gasteiger partial charge in [0.2, 0.25) is 0 Å². The maximum absolute atomic E-state index is 13.7. The van der Waals surface area contributed by atoms with Gasteiger partial charge in [0.05, 0.1) is 0 Å². The Labute approximate surface area is 125 Å². The highest BCUT2D eigenvalue weighted by Gasteiger charge is 2.12. The van der Waals surface area contributed by atoms with Crippen LogP contribution >= 0.6 is 0 Å². The van der Waals surface area contributed by atoms with Crippen LogP contribution in [0.3, 0.4) is 0 Å². The lowest BCUT2D eigenvalue weighted by Crippen LogP contribution is -2.27. The molecule has 1 aromatic carbocycles. The van der Waals surface area contributed by atoms with E-state index >= 15 is 0 Å². The number of benzene rings is 1. The minimum Gasteiger partial charge on any atom is -0.365 e. The molecule has 0 fully saturated rings. The van der Waals surface area contributed by atoms with Gasteiger partial charge in [-0.25, -0.2) is 9.37 Å². The average molecular weight is 287 g/mol. The summed E-state index contributed by atoms with van der Waals surface area (Å²) in [4.78, 5) is 6.51. The summed E-state index contributed by atoms with van der Waals surface area (Å²) in [5.41, 5.74) is 0.617. The average Bonchev–Trinajstić information content (AvgIpc) is 2.39. The molecule has 1 N–H and O–H groups in total. The van der Waals surface area contributed by atoms with E-state index in [0.717, 1.165) is 11.6 Å². The Hall–Kier alpha value is -2.10. The Bertz CT molecular complexity index is 605. The fourth-order valence-electron chi connectivity index (χ4n) is 2.05. The van der Waals surface area contributed by atoms with E-state index in [2.05, 4.69) is 31.1 Å². The van der Waals surface area contributed by atoms with Crippen molar-refractivity contribution in [3.05, 3.63) is 53.8 Å². The Balaban J connectivity index is 2.14. The van der Waals surface area contributed by atoms with E-state index in [1.165, 1.54) is 6.07 Å². The first-order valence-corrected chi connectivity index (χ1v) is 7.05. The first kappa shape index (κ1) is 15.3. The van der Waals surface area contributed by atoms with Crippen LogP contribution in [0.25, 0.3) is 0 Å². The van der Waals surface area contributed by atoms with Crippen molar-refractivity contribution in [1.29, 1.82) is 0 Å². The van der Waals surface area contributed by atoms with Crippen LogP contribution in [0.1, 0.15) is 26.3 Å². The van der Waals surface area contributed by atoms with Crippen LogP contribution in [0.4, 0.5) is 16.0 Å². The summed E-state index contributed by atoms with van der Waals surface area (Å²) in [5, 5.41) is 3.34. The van der Waals surface area contributed by atoms with E-state index < -0.39 is 0 Å². The summed E-state index contributed by atoms with van der Waals surface area (Å²) in [7, 11) is 1.91. The molecule has 0 radical (unpaired) electrons. The van der Waals surface area contributed by atoms with Gasteiger partial charge in [-0.3, -0.25) is 0 Å². The van der Waals surface area contributed by atoms with Gasteiger partial charge in [0.15, 0.2) is 0 Å². The molecule has 0 aliphatic carbocycles. The number of anilines is 2. The number of hydrogen-bond acceptors (Lipinski definition) is 3. The minimum absolute atomic E-state index is 0.0459. The van der Waals surface area contributed by atoms with E-state index in [1.54, 1.807) is 12.1 Å². The lowest BCUT2D eigenvalue weighted by molar-refractivity contribution is 0.607. The molecule has 0 bridgehead atoms. The zero-order chi connectivity index (χ0) is 15.5. The zero-order valence-electron chi connectivity index (χ0n) is 13.0. The van der Waals surface area contributed by atoms with E-state index in [0.29, 0.717) is 12.1 Å². The van der Waals surface area contributed by atoms with Crippen molar-refractivity contribution in [1.82, 2.24) is 4.98 Å². The van der Waals surface area contributed by atoms with Crippen molar-refractivity contribution in [2.45, 2.75) is 32.9 Å². The second-order valence-electron chi connectivity index (χ2n) is 6.20. The highest BCUT2D eigenvalue weighted by atomic mass is 19.1. The summed E-state index contributed by atoms with van der Waals surface area (Å²) >= 11 is 0. The smallest absolute Gasteiger partial charge is 0.130 e. The number of hydrogen-bond donors (Lipinski definition) is 1. The quantitative estimate of drug-likeness (QED) is 0.919. The van der Waals surface area contributed by atoms with Gasteiger partial charge in [-0.05, 0) is 39.0 Å². The van der Waals surface area contributed by atoms with E-state index in [1.807, 2.05) is 36.2 Å². The minimum atomic E-state index is -0.187. The van der Waals surface area contributed by atoms with Crippen LogP contribution in [-0.2, 0) is 6.54 Å². The Morgan fingerprint density at radius 2 is 1.81 bits per heavy atom. The Morgan fingerprint density at radius 1 is 1.10 bits per heavy atom. The lowest BCUT2D eigenvalue weighted by Gasteiger charge is -2.23. The third-order valence-electron chi connectivity index (χ3n) is 2.99. The van der Waals surface area contributed by atoms with Gasteiger partial charge in [-0.1, -0.05) is 24.3 Å².